The van der Waals surface area contributed by atoms with Crippen LogP contribution in [0, 0.1) is 0 Å². The summed E-state index contributed by atoms with van der Waals surface area (Å²) in [6, 6.07) is 0. The first-order valence-electron chi connectivity index (χ1n) is 5.86. The van der Waals surface area contributed by atoms with Gasteiger partial charge in [-0.3, -0.25) is 0 Å². The molecule has 2 heteroatoms. The molecule has 0 rings (SSSR count). The molecule has 2 nitrogen and oxygen atoms in total. The molecule has 0 heterocycles. The molecule has 0 aliphatic carbocycles. The number of rotatable bonds is 7. The van der Waals surface area contributed by atoms with Crippen LogP contribution in [0.4, 0.5) is 0 Å². The smallest absolute Gasteiger partial charge is 0.0697 e. The number of hydrogen-bond donors (Lipinski definition) is 1. The summed E-state index contributed by atoms with van der Waals surface area (Å²) < 4.78 is 5.76. The molecular weight excluding hydrogens is 174 g/mol. The molecule has 1 atom stereocenters. The minimum absolute atomic E-state index is 0.196. The fourth-order valence-electron chi connectivity index (χ4n) is 1.14. The topological polar surface area (TPSA) is 21.3 Å². The van der Waals surface area contributed by atoms with Gasteiger partial charge in [-0.25, -0.2) is 0 Å². The third kappa shape index (κ3) is 8.52. The highest BCUT2D eigenvalue weighted by atomic mass is 16.5. The second kappa shape index (κ2) is 7.24. The van der Waals surface area contributed by atoms with E-state index < -0.39 is 0 Å². The quantitative estimate of drug-likeness (QED) is 0.639. The van der Waals surface area contributed by atoms with Crippen LogP contribution in [0.3, 0.4) is 0 Å². The van der Waals surface area contributed by atoms with Gasteiger partial charge in [0.25, 0.3) is 0 Å². The maximum absolute atomic E-state index is 5.76. The zero-order chi connectivity index (χ0) is 11.0. The largest absolute Gasteiger partial charge is 0.377 e. The van der Waals surface area contributed by atoms with E-state index in [9.17, 15) is 0 Å². The van der Waals surface area contributed by atoms with Gasteiger partial charge in [0.2, 0.25) is 0 Å². The van der Waals surface area contributed by atoms with Gasteiger partial charge in [0.1, 0.15) is 0 Å². The van der Waals surface area contributed by atoms with Crippen molar-refractivity contribution in [1.29, 1.82) is 0 Å². The summed E-state index contributed by atoms with van der Waals surface area (Å²) in [6.07, 6.45) is 3.85. The Labute approximate surface area is 89.4 Å². The Kier molecular flexibility index (Phi) is 7.20. The second-order valence-corrected chi connectivity index (χ2v) is 4.89. The maximum atomic E-state index is 5.76. The average Bonchev–Trinajstić information content (AvgIpc) is 2.09. The summed E-state index contributed by atoms with van der Waals surface area (Å²) in [7, 11) is 0. The van der Waals surface area contributed by atoms with Crippen molar-refractivity contribution in [2.75, 3.05) is 13.2 Å². The fraction of sp³-hybridized carbons (Fsp3) is 1.00. The van der Waals surface area contributed by atoms with Gasteiger partial charge >= 0.3 is 0 Å². The normalized spacial score (nSPS) is 14.4. The van der Waals surface area contributed by atoms with Crippen LogP contribution in [0.15, 0.2) is 0 Å². The molecule has 0 aliphatic heterocycles. The first-order valence-corrected chi connectivity index (χ1v) is 5.86. The van der Waals surface area contributed by atoms with Crippen LogP contribution < -0.4 is 5.32 Å². The molecule has 0 saturated heterocycles. The molecular formula is C12H27NO. The molecule has 0 aromatic heterocycles. The molecule has 1 N–H and O–H groups in total. The Bertz CT molecular complexity index is 129. The van der Waals surface area contributed by atoms with E-state index in [0.29, 0.717) is 6.10 Å². The molecule has 0 radical (unpaired) electrons. The molecule has 1 unspecified atom stereocenters. The molecule has 0 saturated carbocycles. The van der Waals surface area contributed by atoms with Crippen LogP contribution >= 0.6 is 0 Å². The Morgan fingerprint density at radius 3 is 2.29 bits per heavy atom. The van der Waals surface area contributed by atoms with Gasteiger partial charge in [-0.2, -0.15) is 0 Å². The number of ether oxygens (including phenoxy) is 1. The fourth-order valence-corrected chi connectivity index (χ4v) is 1.14. The van der Waals surface area contributed by atoms with Gasteiger partial charge in [0, 0.05) is 18.7 Å². The average molecular weight is 201 g/mol. The van der Waals surface area contributed by atoms with Crippen molar-refractivity contribution in [3.8, 4) is 0 Å². The van der Waals surface area contributed by atoms with E-state index in [2.05, 4.69) is 39.9 Å². The van der Waals surface area contributed by atoms with Crippen molar-refractivity contribution in [1.82, 2.24) is 5.32 Å². The molecule has 0 spiro atoms. The van der Waals surface area contributed by atoms with E-state index in [0.717, 1.165) is 19.6 Å². The van der Waals surface area contributed by atoms with Crippen molar-refractivity contribution in [3.05, 3.63) is 0 Å². The van der Waals surface area contributed by atoms with E-state index in [1.54, 1.807) is 0 Å². The van der Waals surface area contributed by atoms with Crippen LogP contribution in [0.2, 0.25) is 0 Å². The minimum Gasteiger partial charge on any atom is -0.377 e. The van der Waals surface area contributed by atoms with Crippen LogP contribution in [-0.4, -0.2) is 24.8 Å². The standard InChI is InChI=1S/C12H27NO/c1-6-8-9-14-11(7-2)10-13-12(3,4)5/h11,13H,6-10H2,1-5H3. The van der Waals surface area contributed by atoms with E-state index in [4.69, 9.17) is 4.74 Å². The Morgan fingerprint density at radius 2 is 1.86 bits per heavy atom. The maximum Gasteiger partial charge on any atom is 0.0697 e. The highest BCUT2D eigenvalue weighted by Gasteiger charge is 2.12. The molecule has 0 bridgehead atoms. The number of hydrogen-bond acceptors (Lipinski definition) is 2. The predicted octanol–water partition coefficient (Wildman–Crippen LogP) is 2.97. The van der Waals surface area contributed by atoms with Gasteiger partial charge in [0.15, 0.2) is 0 Å². The Hall–Kier alpha value is -0.0800. The van der Waals surface area contributed by atoms with E-state index in [-0.39, 0.29) is 5.54 Å². The summed E-state index contributed by atoms with van der Waals surface area (Å²) in [5, 5.41) is 3.47. The lowest BCUT2D eigenvalue weighted by molar-refractivity contribution is 0.0449. The monoisotopic (exact) mass is 201 g/mol. The van der Waals surface area contributed by atoms with Gasteiger partial charge in [-0.15, -0.1) is 0 Å². The SMILES string of the molecule is CCCCOC(CC)CNC(C)(C)C. The molecule has 0 fully saturated rings. The molecule has 0 aromatic rings. The highest BCUT2D eigenvalue weighted by Crippen LogP contribution is 2.03. The highest BCUT2D eigenvalue weighted by molar-refractivity contribution is 4.72. The minimum atomic E-state index is 0.196. The third-order valence-corrected chi connectivity index (χ3v) is 2.17. The lowest BCUT2D eigenvalue weighted by Gasteiger charge is -2.24. The summed E-state index contributed by atoms with van der Waals surface area (Å²) >= 11 is 0. The molecule has 0 aromatic carbocycles. The van der Waals surface area contributed by atoms with Crippen molar-refractivity contribution >= 4 is 0 Å². The summed E-state index contributed by atoms with van der Waals surface area (Å²) in [6.45, 7) is 12.8. The van der Waals surface area contributed by atoms with Crippen molar-refractivity contribution in [2.45, 2.75) is 65.5 Å². The van der Waals surface area contributed by atoms with Crippen molar-refractivity contribution < 1.29 is 4.74 Å². The molecule has 0 amide bonds. The van der Waals surface area contributed by atoms with E-state index >= 15 is 0 Å². The lowest BCUT2D eigenvalue weighted by atomic mass is 10.1. The number of unbranched alkanes of at least 4 members (excludes halogenated alkanes) is 1. The summed E-state index contributed by atoms with van der Waals surface area (Å²) in [5.74, 6) is 0. The predicted molar refractivity (Wildman–Crippen MR) is 62.7 cm³/mol. The van der Waals surface area contributed by atoms with E-state index in [1.807, 2.05) is 0 Å². The van der Waals surface area contributed by atoms with Gasteiger partial charge < -0.3 is 10.1 Å². The van der Waals surface area contributed by atoms with Gasteiger partial charge in [-0.05, 0) is 33.6 Å². The first-order chi connectivity index (χ1) is 6.49. The van der Waals surface area contributed by atoms with Gasteiger partial charge in [-0.1, -0.05) is 20.3 Å². The van der Waals surface area contributed by atoms with Gasteiger partial charge in [0.05, 0.1) is 6.10 Å². The van der Waals surface area contributed by atoms with Crippen LogP contribution in [0.25, 0.3) is 0 Å². The van der Waals surface area contributed by atoms with Crippen LogP contribution in [0.5, 0.6) is 0 Å². The molecule has 86 valence electrons. The lowest BCUT2D eigenvalue weighted by Crippen LogP contribution is -2.41. The summed E-state index contributed by atoms with van der Waals surface area (Å²) in [4.78, 5) is 0. The van der Waals surface area contributed by atoms with Crippen LogP contribution in [-0.2, 0) is 4.74 Å². The summed E-state index contributed by atoms with van der Waals surface area (Å²) in [5.41, 5.74) is 0.196. The van der Waals surface area contributed by atoms with E-state index in [1.165, 1.54) is 12.8 Å². The number of nitrogens with one attached hydrogen (secondary N) is 1. The second-order valence-electron chi connectivity index (χ2n) is 4.89. The molecule has 0 aliphatic rings. The zero-order valence-electron chi connectivity index (χ0n) is 10.5. The Morgan fingerprint density at radius 1 is 1.21 bits per heavy atom. The van der Waals surface area contributed by atoms with Crippen molar-refractivity contribution in [2.24, 2.45) is 0 Å². The molecule has 14 heavy (non-hydrogen) atoms. The third-order valence-electron chi connectivity index (χ3n) is 2.17. The zero-order valence-corrected chi connectivity index (χ0v) is 10.5. The van der Waals surface area contributed by atoms with Crippen LogP contribution in [0.1, 0.15) is 53.9 Å². The van der Waals surface area contributed by atoms with Crippen molar-refractivity contribution in [3.63, 3.8) is 0 Å². The Balaban J connectivity index is 3.58. The first kappa shape index (κ1) is 13.9.